The Morgan fingerprint density at radius 3 is 2.69 bits per heavy atom. The maximum atomic E-state index is 12.8. The summed E-state index contributed by atoms with van der Waals surface area (Å²) in [5, 5.41) is 20.8. The molecule has 138 valence electrons. The molecule has 0 bridgehead atoms. The molecule has 0 radical (unpaired) electrons. The molecule has 0 spiro atoms. The normalized spacial score (nSPS) is 12.6. The lowest BCUT2D eigenvalue weighted by molar-refractivity contribution is 0.201. The third-order valence-electron chi connectivity index (χ3n) is 3.57. The molecule has 1 atom stereocenters. The van der Waals surface area contributed by atoms with E-state index in [4.69, 9.17) is 5.41 Å². The van der Waals surface area contributed by atoms with Crippen LogP contribution in [0.5, 0.6) is 0 Å². The number of rotatable bonds is 8. The molecular weight excluding hydrogens is 335 g/mol. The molecule has 26 heavy (non-hydrogen) atoms. The predicted molar refractivity (Wildman–Crippen MR) is 101 cm³/mol. The summed E-state index contributed by atoms with van der Waals surface area (Å²) >= 11 is 0. The average molecular weight is 358 g/mol. The predicted octanol–water partition coefficient (Wildman–Crippen LogP) is 2.39. The van der Waals surface area contributed by atoms with E-state index < -0.39 is 6.10 Å². The van der Waals surface area contributed by atoms with Gasteiger partial charge in [0, 0.05) is 31.9 Å². The molecule has 0 aliphatic carbocycles. The molecule has 0 saturated carbocycles. The number of aliphatic hydroxyl groups is 1. The van der Waals surface area contributed by atoms with Crippen molar-refractivity contribution in [3.63, 3.8) is 0 Å². The number of aliphatic hydroxyl groups excluding tert-OH is 1. The number of allylic oxidation sites excluding steroid dienone is 1. The van der Waals surface area contributed by atoms with E-state index in [-0.39, 0.29) is 23.9 Å². The summed E-state index contributed by atoms with van der Waals surface area (Å²) < 4.78 is 12.8. The van der Waals surface area contributed by atoms with E-state index in [1.165, 1.54) is 13.0 Å². The van der Waals surface area contributed by atoms with Crippen LogP contribution in [-0.4, -0.2) is 52.0 Å². The van der Waals surface area contributed by atoms with Gasteiger partial charge in [-0.3, -0.25) is 5.41 Å². The minimum atomic E-state index is -0.469. The monoisotopic (exact) mass is 358 g/mol. The van der Waals surface area contributed by atoms with E-state index in [9.17, 15) is 9.50 Å². The van der Waals surface area contributed by atoms with Crippen LogP contribution in [0.2, 0.25) is 0 Å². The Balaban J connectivity index is 2.17. The molecule has 0 aromatic carbocycles. The van der Waals surface area contributed by atoms with E-state index in [1.54, 1.807) is 37.6 Å². The first-order valence-electron chi connectivity index (χ1n) is 8.20. The Morgan fingerprint density at radius 2 is 2.08 bits per heavy atom. The highest BCUT2D eigenvalue weighted by Crippen LogP contribution is 2.16. The molecule has 0 saturated heterocycles. The lowest BCUT2D eigenvalue weighted by Crippen LogP contribution is -2.27. The molecule has 0 fully saturated rings. The summed E-state index contributed by atoms with van der Waals surface area (Å²) in [6, 6.07) is 3.45. The number of nitrogens with one attached hydrogen (secondary N) is 2. The maximum absolute atomic E-state index is 12.8. The van der Waals surface area contributed by atoms with Gasteiger partial charge in [-0.15, -0.1) is 0 Å². The lowest BCUT2D eigenvalue weighted by atomic mass is 10.1. The zero-order valence-corrected chi connectivity index (χ0v) is 15.1. The molecule has 0 aliphatic rings. The number of hydrogen-bond acceptors (Lipinski definition) is 7. The second kappa shape index (κ2) is 9.00. The van der Waals surface area contributed by atoms with Crippen molar-refractivity contribution in [1.29, 1.82) is 5.41 Å². The van der Waals surface area contributed by atoms with Crippen LogP contribution in [-0.2, 0) is 0 Å². The SMILES string of the molecule is C/C(F)=C/CNc1ncccc1C(=N)c1ncc(N(C)C[C@@H](C)O)cn1. The summed E-state index contributed by atoms with van der Waals surface area (Å²) in [5.41, 5.74) is 1.39. The van der Waals surface area contributed by atoms with E-state index >= 15 is 0 Å². The Bertz CT molecular complexity index is 772. The first-order valence-corrected chi connectivity index (χ1v) is 8.20. The highest BCUT2D eigenvalue weighted by molar-refractivity contribution is 6.11. The molecule has 2 aromatic heterocycles. The topological polar surface area (TPSA) is 98.0 Å². The van der Waals surface area contributed by atoms with Crippen molar-refractivity contribution in [3.05, 3.63) is 54.0 Å². The van der Waals surface area contributed by atoms with Gasteiger partial charge in [0.25, 0.3) is 0 Å². The number of hydrogen-bond donors (Lipinski definition) is 3. The van der Waals surface area contributed by atoms with Crippen LogP contribution in [0.15, 0.2) is 42.6 Å². The van der Waals surface area contributed by atoms with Crippen molar-refractivity contribution < 1.29 is 9.50 Å². The van der Waals surface area contributed by atoms with E-state index in [0.29, 0.717) is 17.9 Å². The number of likely N-dealkylation sites (N-methyl/N-ethyl adjacent to an activating group) is 1. The minimum Gasteiger partial charge on any atom is -0.392 e. The molecule has 0 unspecified atom stereocenters. The van der Waals surface area contributed by atoms with Crippen molar-refractivity contribution in [2.45, 2.75) is 20.0 Å². The van der Waals surface area contributed by atoms with Gasteiger partial charge in [0.1, 0.15) is 11.5 Å². The molecule has 2 aromatic rings. The van der Waals surface area contributed by atoms with Gasteiger partial charge in [-0.1, -0.05) is 0 Å². The molecule has 7 nitrogen and oxygen atoms in total. The minimum absolute atomic E-state index is 0.117. The number of halogens is 1. The van der Waals surface area contributed by atoms with Crippen molar-refractivity contribution in [1.82, 2.24) is 15.0 Å². The third kappa shape index (κ3) is 5.32. The number of nitrogens with zero attached hydrogens (tertiary/aromatic N) is 4. The first-order chi connectivity index (χ1) is 12.4. The number of pyridine rings is 1. The Hall–Kier alpha value is -2.87. The highest BCUT2D eigenvalue weighted by atomic mass is 19.1. The Morgan fingerprint density at radius 1 is 1.38 bits per heavy atom. The van der Waals surface area contributed by atoms with Gasteiger partial charge >= 0.3 is 0 Å². The van der Waals surface area contributed by atoms with Crippen LogP contribution in [0, 0.1) is 5.41 Å². The van der Waals surface area contributed by atoms with Crippen molar-refractivity contribution in [2.24, 2.45) is 0 Å². The zero-order chi connectivity index (χ0) is 19.1. The van der Waals surface area contributed by atoms with Crippen LogP contribution in [0.4, 0.5) is 15.9 Å². The van der Waals surface area contributed by atoms with Crippen molar-refractivity contribution in [3.8, 4) is 0 Å². The first kappa shape index (κ1) is 19.5. The summed E-state index contributed by atoms with van der Waals surface area (Å²) in [4.78, 5) is 14.5. The third-order valence-corrected chi connectivity index (χ3v) is 3.57. The highest BCUT2D eigenvalue weighted by Gasteiger charge is 2.14. The standard InChI is InChI=1S/C18H23FN6O/c1-12(19)6-8-22-17-15(5-4-7-21-17)16(20)18-23-9-14(10-24-18)25(3)11-13(2)26/h4-7,9-10,13,20,26H,8,11H2,1-3H3,(H,21,22)/b12-6-,20-16?/t13-/m1/s1. The zero-order valence-electron chi connectivity index (χ0n) is 15.1. The van der Waals surface area contributed by atoms with Crippen LogP contribution >= 0.6 is 0 Å². The maximum Gasteiger partial charge on any atom is 0.178 e. The summed E-state index contributed by atoms with van der Waals surface area (Å²) in [7, 11) is 1.83. The molecule has 2 heterocycles. The van der Waals surface area contributed by atoms with Gasteiger partial charge in [-0.25, -0.2) is 19.3 Å². The summed E-state index contributed by atoms with van der Waals surface area (Å²) in [5.74, 6) is 0.437. The molecule has 8 heteroatoms. The van der Waals surface area contributed by atoms with Crippen LogP contribution in [0.1, 0.15) is 25.2 Å². The van der Waals surface area contributed by atoms with Crippen LogP contribution in [0.25, 0.3) is 0 Å². The quantitative estimate of drug-likeness (QED) is 0.627. The van der Waals surface area contributed by atoms with Gasteiger partial charge < -0.3 is 15.3 Å². The van der Waals surface area contributed by atoms with Crippen LogP contribution in [0.3, 0.4) is 0 Å². The average Bonchev–Trinajstić information content (AvgIpc) is 2.61. The molecule has 0 amide bonds. The van der Waals surface area contributed by atoms with Crippen molar-refractivity contribution in [2.75, 3.05) is 30.4 Å². The second-order valence-corrected chi connectivity index (χ2v) is 5.94. The fraction of sp³-hybridized carbons (Fsp3) is 0.333. The Kier molecular flexibility index (Phi) is 6.74. The summed E-state index contributed by atoms with van der Waals surface area (Å²) in [6.45, 7) is 3.80. The van der Waals surface area contributed by atoms with E-state index in [2.05, 4.69) is 20.3 Å². The van der Waals surface area contributed by atoms with Gasteiger partial charge in [-0.05, 0) is 32.1 Å². The van der Waals surface area contributed by atoms with Gasteiger partial charge in [0.15, 0.2) is 5.82 Å². The fourth-order valence-corrected chi connectivity index (χ4v) is 2.31. The van der Waals surface area contributed by atoms with Gasteiger partial charge in [0.2, 0.25) is 0 Å². The van der Waals surface area contributed by atoms with E-state index in [0.717, 1.165) is 5.69 Å². The number of aromatic nitrogens is 3. The molecule has 0 aliphatic heterocycles. The fourth-order valence-electron chi connectivity index (χ4n) is 2.31. The van der Waals surface area contributed by atoms with E-state index in [1.807, 2.05) is 11.9 Å². The molecule has 3 N–H and O–H groups in total. The lowest BCUT2D eigenvalue weighted by Gasteiger charge is -2.20. The summed E-state index contributed by atoms with van der Waals surface area (Å²) in [6.07, 6.45) is 5.74. The van der Waals surface area contributed by atoms with Crippen LogP contribution < -0.4 is 10.2 Å². The van der Waals surface area contributed by atoms with Crippen molar-refractivity contribution >= 4 is 17.2 Å². The molecule has 2 rings (SSSR count). The second-order valence-electron chi connectivity index (χ2n) is 5.94. The number of anilines is 2. The molecular formula is C18H23FN6O. The Labute approximate surface area is 152 Å². The largest absolute Gasteiger partial charge is 0.392 e. The van der Waals surface area contributed by atoms with Gasteiger partial charge in [0.05, 0.1) is 30.0 Å². The van der Waals surface area contributed by atoms with Gasteiger partial charge in [-0.2, -0.15) is 0 Å². The smallest absolute Gasteiger partial charge is 0.178 e.